The molecule has 0 atom stereocenters. The highest BCUT2D eigenvalue weighted by molar-refractivity contribution is 5.68. The summed E-state index contributed by atoms with van der Waals surface area (Å²) in [4.78, 5) is 14.0. The highest BCUT2D eigenvalue weighted by Gasteiger charge is 2.48. The number of hydrogen-bond acceptors (Lipinski definition) is 4. The van der Waals surface area contributed by atoms with E-state index in [4.69, 9.17) is 9.47 Å². The van der Waals surface area contributed by atoms with Gasteiger partial charge in [-0.2, -0.15) is 0 Å². The van der Waals surface area contributed by atoms with Crippen molar-refractivity contribution in [3.63, 3.8) is 0 Å². The molecule has 3 aliphatic rings. The Balaban J connectivity index is 1.42. The second kappa shape index (κ2) is 6.34. The van der Waals surface area contributed by atoms with Crippen LogP contribution in [-0.4, -0.2) is 48.9 Å². The lowest BCUT2D eigenvalue weighted by Gasteiger charge is -2.51. The molecule has 0 bridgehead atoms. The average molecular weight is 322 g/mol. The number of piperidine rings is 1. The standard InChI is InChI=1S/C18H30N2O3/c1-17(2,3)23-16(21)20-10-6-18(7-11-20)12-15(13-18)22-14-4-8-19-9-5-14/h4,15,19H,5-13H2,1-3H3. The van der Waals surface area contributed by atoms with Gasteiger partial charge in [0.05, 0.1) is 11.9 Å². The summed E-state index contributed by atoms with van der Waals surface area (Å²) in [5, 5.41) is 3.31. The van der Waals surface area contributed by atoms with Crippen LogP contribution in [0.25, 0.3) is 0 Å². The second-order valence-electron chi connectivity index (χ2n) is 8.24. The van der Waals surface area contributed by atoms with Gasteiger partial charge in [-0.15, -0.1) is 0 Å². The molecule has 0 aromatic rings. The minimum atomic E-state index is -0.413. The summed E-state index contributed by atoms with van der Waals surface area (Å²) in [5.41, 5.74) is -0.0130. The minimum Gasteiger partial charge on any atom is -0.495 e. The molecule has 5 heteroatoms. The molecule has 2 fully saturated rings. The molecule has 1 saturated carbocycles. The first-order valence-electron chi connectivity index (χ1n) is 8.90. The Kier molecular flexibility index (Phi) is 4.59. The molecule has 1 N–H and O–H groups in total. The van der Waals surface area contributed by atoms with E-state index in [1.54, 1.807) is 0 Å². The molecule has 130 valence electrons. The van der Waals surface area contributed by atoms with Crippen LogP contribution in [0.1, 0.15) is 52.9 Å². The highest BCUT2D eigenvalue weighted by Crippen LogP contribution is 2.51. The van der Waals surface area contributed by atoms with Gasteiger partial charge in [-0.25, -0.2) is 4.79 Å². The van der Waals surface area contributed by atoms with Crippen LogP contribution in [0.15, 0.2) is 11.8 Å². The molecule has 2 aliphatic heterocycles. The number of rotatable bonds is 2. The predicted octanol–water partition coefficient (Wildman–Crippen LogP) is 3.06. The third kappa shape index (κ3) is 4.19. The van der Waals surface area contributed by atoms with E-state index in [0.717, 1.165) is 64.0 Å². The topological polar surface area (TPSA) is 50.8 Å². The number of carbonyl (C=O) groups is 1. The Labute approximate surface area is 139 Å². The summed E-state index contributed by atoms with van der Waals surface area (Å²) in [6.45, 7) is 9.33. The molecule has 0 unspecified atom stereocenters. The van der Waals surface area contributed by atoms with Gasteiger partial charge in [0.1, 0.15) is 5.60 Å². The number of hydrogen-bond donors (Lipinski definition) is 1. The highest BCUT2D eigenvalue weighted by atomic mass is 16.6. The van der Waals surface area contributed by atoms with Crippen molar-refractivity contribution in [2.24, 2.45) is 5.41 Å². The van der Waals surface area contributed by atoms with Crippen molar-refractivity contribution in [2.45, 2.75) is 64.6 Å². The predicted molar refractivity (Wildman–Crippen MR) is 89.2 cm³/mol. The van der Waals surface area contributed by atoms with Crippen LogP contribution in [0.4, 0.5) is 4.79 Å². The fraction of sp³-hybridized carbons (Fsp3) is 0.833. The lowest BCUT2D eigenvalue weighted by Crippen LogP contribution is -2.51. The van der Waals surface area contributed by atoms with Crippen LogP contribution in [0.5, 0.6) is 0 Å². The molecule has 1 spiro atoms. The Morgan fingerprint density at radius 2 is 2.00 bits per heavy atom. The van der Waals surface area contributed by atoms with Gasteiger partial charge < -0.3 is 19.7 Å². The number of ether oxygens (including phenoxy) is 2. The van der Waals surface area contributed by atoms with Gasteiger partial charge >= 0.3 is 6.09 Å². The van der Waals surface area contributed by atoms with Crippen molar-refractivity contribution < 1.29 is 14.3 Å². The quantitative estimate of drug-likeness (QED) is 0.849. The van der Waals surface area contributed by atoms with E-state index >= 15 is 0 Å². The van der Waals surface area contributed by atoms with E-state index in [1.807, 2.05) is 25.7 Å². The first-order chi connectivity index (χ1) is 10.9. The van der Waals surface area contributed by atoms with E-state index in [9.17, 15) is 4.79 Å². The summed E-state index contributed by atoms with van der Waals surface area (Å²) in [6.07, 6.45) is 7.82. The smallest absolute Gasteiger partial charge is 0.410 e. The monoisotopic (exact) mass is 322 g/mol. The molecular weight excluding hydrogens is 292 g/mol. The van der Waals surface area contributed by atoms with Gasteiger partial charge in [0.2, 0.25) is 0 Å². The average Bonchev–Trinajstić information content (AvgIpc) is 2.45. The molecule has 1 amide bonds. The Bertz CT molecular complexity index is 465. The summed E-state index contributed by atoms with van der Waals surface area (Å²) in [7, 11) is 0. The largest absolute Gasteiger partial charge is 0.495 e. The summed E-state index contributed by atoms with van der Waals surface area (Å²) in [5.74, 6) is 1.16. The van der Waals surface area contributed by atoms with Crippen LogP contribution >= 0.6 is 0 Å². The van der Waals surface area contributed by atoms with Gasteiger partial charge in [0.15, 0.2) is 0 Å². The fourth-order valence-electron chi connectivity index (χ4n) is 3.81. The molecule has 0 aromatic carbocycles. The molecule has 0 aromatic heterocycles. The molecule has 3 rings (SSSR count). The van der Waals surface area contributed by atoms with Gasteiger partial charge in [-0.05, 0) is 57.9 Å². The first-order valence-corrected chi connectivity index (χ1v) is 8.90. The van der Waals surface area contributed by atoms with Crippen molar-refractivity contribution in [1.82, 2.24) is 10.2 Å². The number of carbonyl (C=O) groups excluding carboxylic acids is 1. The maximum absolute atomic E-state index is 12.1. The Morgan fingerprint density at radius 1 is 1.30 bits per heavy atom. The van der Waals surface area contributed by atoms with E-state index in [2.05, 4.69) is 11.4 Å². The van der Waals surface area contributed by atoms with Crippen molar-refractivity contribution in [3.05, 3.63) is 11.8 Å². The normalized spacial score (nSPS) is 24.8. The lowest BCUT2D eigenvalue weighted by molar-refractivity contribution is -0.0846. The van der Waals surface area contributed by atoms with Crippen LogP contribution < -0.4 is 5.32 Å². The number of nitrogens with one attached hydrogen (secondary N) is 1. The molecule has 1 saturated heterocycles. The van der Waals surface area contributed by atoms with Gasteiger partial charge in [0, 0.05) is 32.6 Å². The van der Waals surface area contributed by atoms with E-state index in [-0.39, 0.29) is 6.09 Å². The molecule has 5 nitrogen and oxygen atoms in total. The van der Waals surface area contributed by atoms with Crippen molar-refractivity contribution in [3.8, 4) is 0 Å². The van der Waals surface area contributed by atoms with Crippen molar-refractivity contribution in [1.29, 1.82) is 0 Å². The minimum absolute atomic E-state index is 0.167. The fourth-order valence-corrected chi connectivity index (χ4v) is 3.81. The Hall–Kier alpha value is -1.23. The van der Waals surface area contributed by atoms with E-state index in [1.165, 1.54) is 0 Å². The molecular formula is C18H30N2O3. The van der Waals surface area contributed by atoms with Gasteiger partial charge in [-0.1, -0.05) is 0 Å². The van der Waals surface area contributed by atoms with Gasteiger partial charge in [-0.3, -0.25) is 0 Å². The number of amides is 1. The maximum atomic E-state index is 12.1. The molecule has 23 heavy (non-hydrogen) atoms. The number of nitrogens with zero attached hydrogens (tertiary/aromatic N) is 1. The SMILES string of the molecule is CC(C)(C)OC(=O)N1CCC2(CC1)CC(OC1=CCNCC1)C2. The zero-order chi connectivity index (χ0) is 16.5. The number of likely N-dealkylation sites (tertiary alicyclic amines) is 1. The van der Waals surface area contributed by atoms with Crippen molar-refractivity contribution >= 4 is 6.09 Å². The van der Waals surface area contributed by atoms with Crippen LogP contribution in [-0.2, 0) is 9.47 Å². The van der Waals surface area contributed by atoms with Gasteiger partial charge in [0.25, 0.3) is 0 Å². The molecule has 0 radical (unpaired) electrons. The third-order valence-electron chi connectivity index (χ3n) is 5.14. The Morgan fingerprint density at radius 3 is 2.57 bits per heavy atom. The van der Waals surface area contributed by atoms with E-state index < -0.39 is 5.60 Å². The zero-order valence-electron chi connectivity index (χ0n) is 14.7. The van der Waals surface area contributed by atoms with Crippen LogP contribution in [0, 0.1) is 5.41 Å². The maximum Gasteiger partial charge on any atom is 0.410 e. The van der Waals surface area contributed by atoms with Crippen molar-refractivity contribution in [2.75, 3.05) is 26.2 Å². The van der Waals surface area contributed by atoms with Crippen LogP contribution in [0.2, 0.25) is 0 Å². The third-order valence-corrected chi connectivity index (χ3v) is 5.14. The zero-order valence-corrected chi connectivity index (χ0v) is 14.7. The first kappa shape index (κ1) is 16.6. The summed E-state index contributed by atoms with van der Waals surface area (Å²) in [6, 6.07) is 0. The lowest BCUT2D eigenvalue weighted by atomic mass is 9.61. The summed E-state index contributed by atoms with van der Waals surface area (Å²) >= 11 is 0. The summed E-state index contributed by atoms with van der Waals surface area (Å²) < 4.78 is 11.6. The molecule has 2 heterocycles. The second-order valence-corrected chi connectivity index (χ2v) is 8.24. The molecule has 1 aliphatic carbocycles. The van der Waals surface area contributed by atoms with Crippen LogP contribution in [0.3, 0.4) is 0 Å². The van der Waals surface area contributed by atoms with E-state index in [0.29, 0.717) is 11.5 Å².